The van der Waals surface area contributed by atoms with Crippen molar-refractivity contribution in [1.29, 1.82) is 0 Å². The zero-order chi connectivity index (χ0) is 14.0. The number of hydrogen-bond donors (Lipinski definition) is 0. The molecule has 0 N–H and O–H groups in total. The molecule has 2 aromatic carbocycles. The van der Waals surface area contributed by atoms with Gasteiger partial charge in [-0.05, 0) is 49.7 Å². The van der Waals surface area contributed by atoms with Crippen LogP contribution in [0, 0.1) is 13.8 Å². The molecule has 0 fully saturated rings. The topological polar surface area (TPSA) is 26.3 Å². The number of carbonyl (C=O) groups is 1. The highest BCUT2D eigenvalue weighted by Crippen LogP contribution is 2.24. The SMILES string of the molecule is COc1ccc(C)cc1C(=O)c1cc(C)cc(Cl)c1. The van der Waals surface area contributed by atoms with Crippen LogP contribution in [0.3, 0.4) is 0 Å². The second-order valence-corrected chi connectivity index (χ2v) is 4.99. The molecule has 2 rings (SSSR count). The van der Waals surface area contributed by atoms with Gasteiger partial charge in [0, 0.05) is 10.6 Å². The van der Waals surface area contributed by atoms with E-state index < -0.39 is 0 Å². The Hall–Kier alpha value is -1.80. The number of ketones is 1. The fraction of sp³-hybridized carbons (Fsp3) is 0.188. The van der Waals surface area contributed by atoms with Crippen LogP contribution < -0.4 is 4.74 Å². The molecule has 0 radical (unpaired) electrons. The van der Waals surface area contributed by atoms with E-state index in [0.29, 0.717) is 21.9 Å². The highest BCUT2D eigenvalue weighted by Gasteiger charge is 2.15. The molecule has 0 amide bonds. The number of carbonyl (C=O) groups excluding carboxylic acids is 1. The standard InChI is InChI=1S/C16H15ClO2/c1-10-4-5-15(19-3)14(8-10)16(18)12-6-11(2)7-13(17)9-12/h4-9H,1-3H3. The molecule has 0 aliphatic carbocycles. The van der Waals surface area contributed by atoms with E-state index >= 15 is 0 Å². The van der Waals surface area contributed by atoms with Gasteiger partial charge in [0.1, 0.15) is 5.75 Å². The monoisotopic (exact) mass is 274 g/mol. The minimum Gasteiger partial charge on any atom is -0.496 e. The van der Waals surface area contributed by atoms with E-state index in [1.165, 1.54) is 0 Å². The van der Waals surface area contributed by atoms with Gasteiger partial charge in [0.15, 0.2) is 5.78 Å². The average Bonchev–Trinajstić information content (AvgIpc) is 2.36. The lowest BCUT2D eigenvalue weighted by atomic mass is 9.99. The van der Waals surface area contributed by atoms with Crippen LogP contribution in [-0.4, -0.2) is 12.9 Å². The van der Waals surface area contributed by atoms with Crippen LogP contribution in [0.25, 0.3) is 0 Å². The predicted octanol–water partition coefficient (Wildman–Crippen LogP) is 4.20. The number of halogens is 1. The first-order valence-electron chi connectivity index (χ1n) is 5.98. The molecule has 0 saturated heterocycles. The van der Waals surface area contributed by atoms with Crippen molar-refractivity contribution in [2.24, 2.45) is 0 Å². The summed E-state index contributed by atoms with van der Waals surface area (Å²) < 4.78 is 5.25. The van der Waals surface area contributed by atoms with Gasteiger partial charge in [-0.3, -0.25) is 4.79 Å². The zero-order valence-corrected chi connectivity index (χ0v) is 11.9. The molecule has 2 aromatic rings. The molecule has 19 heavy (non-hydrogen) atoms. The van der Waals surface area contributed by atoms with Crippen molar-refractivity contribution < 1.29 is 9.53 Å². The van der Waals surface area contributed by atoms with Gasteiger partial charge in [-0.15, -0.1) is 0 Å². The Morgan fingerprint density at radius 2 is 1.79 bits per heavy atom. The van der Waals surface area contributed by atoms with Crippen molar-refractivity contribution in [3.8, 4) is 5.75 Å². The van der Waals surface area contributed by atoms with Crippen molar-refractivity contribution in [3.63, 3.8) is 0 Å². The highest BCUT2D eigenvalue weighted by atomic mass is 35.5. The molecule has 0 heterocycles. The molecular weight excluding hydrogens is 260 g/mol. The fourth-order valence-corrected chi connectivity index (χ4v) is 2.31. The maximum atomic E-state index is 12.5. The van der Waals surface area contributed by atoms with Gasteiger partial charge in [0.2, 0.25) is 0 Å². The van der Waals surface area contributed by atoms with Gasteiger partial charge in [-0.1, -0.05) is 23.2 Å². The molecule has 0 unspecified atom stereocenters. The number of ether oxygens (including phenoxy) is 1. The van der Waals surface area contributed by atoms with Gasteiger partial charge >= 0.3 is 0 Å². The van der Waals surface area contributed by atoms with E-state index in [1.54, 1.807) is 19.2 Å². The first-order valence-corrected chi connectivity index (χ1v) is 6.35. The van der Waals surface area contributed by atoms with Crippen molar-refractivity contribution in [3.05, 3.63) is 63.7 Å². The van der Waals surface area contributed by atoms with Gasteiger partial charge in [0.05, 0.1) is 12.7 Å². The molecule has 0 aliphatic rings. The van der Waals surface area contributed by atoms with Crippen molar-refractivity contribution >= 4 is 17.4 Å². The summed E-state index contributed by atoms with van der Waals surface area (Å²) in [6.45, 7) is 3.86. The Balaban J connectivity index is 2.52. The normalized spacial score (nSPS) is 10.3. The van der Waals surface area contributed by atoms with Crippen LogP contribution in [0.4, 0.5) is 0 Å². The quantitative estimate of drug-likeness (QED) is 0.784. The molecule has 3 heteroatoms. The smallest absolute Gasteiger partial charge is 0.196 e. The molecule has 0 aromatic heterocycles. The molecule has 0 saturated carbocycles. The molecule has 2 nitrogen and oxygen atoms in total. The third-order valence-corrected chi connectivity index (χ3v) is 3.12. The van der Waals surface area contributed by atoms with Gasteiger partial charge in [-0.25, -0.2) is 0 Å². The highest BCUT2D eigenvalue weighted by molar-refractivity contribution is 6.31. The Bertz CT molecular complexity index is 612. The second kappa shape index (κ2) is 5.45. The third-order valence-electron chi connectivity index (χ3n) is 2.90. The van der Waals surface area contributed by atoms with E-state index in [-0.39, 0.29) is 5.78 Å². The van der Waals surface area contributed by atoms with E-state index in [0.717, 1.165) is 11.1 Å². The Labute approximate surface area is 118 Å². The Kier molecular flexibility index (Phi) is 3.91. The van der Waals surface area contributed by atoms with E-state index in [9.17, 15) is 4.79 Å². The molecule has 98 valence electrons. The maximum absolute atomic E-state index is 12.5. The van der Waals surface area contributed by atoms with Crippen LogP contribution in [0.2, 0.25) is 5.02 Å². The number of aryl methyl sites for hydroxylation is 2. The second-order valence-electron chi connectivity index (χ2n) is 4.55. The van der Waals surface area contributed by atoms with Crippen LogP contribution in [0.1, 0.15) is 27.0 Å². The van der Waals surface area contributed by atoms with E-state index in [4.69, 9.17) is 16.3 Å². The number of methoxy groups -OCH3 is 1. The number of benzene rings is 2. The van der Waals surface area contributed by atoms with Crippen molar-refractivity contribution in [2.45, 2.75) is 13.8 Å². The molecule has 0 aliphatic heterocycles. The van der Waals surface area contributed by atoms with Crippen LogP contribution in [-0.2, 0) is 0 Å². The molecule has 0 spiro atoms. The molecule has 0 bridgehead atoms. The predicted molar refractivity (Wildman–Crippen MR) is 77.4 cm³/mol. The zero-order valence-electron chi connectivity index (χ0n) is 11.2. The number of rotatable bonds is 3. The maximum Gasteiger partial charge on any atom is 0.196 e. The van der Waals surface area contributed by atoms with Gasteiger partial charge in [0.25, 0.3) is 0 Å². The minimum absolute atomic E-state index is 0.0776. The summed E-state index contributed by atoms with van der Waals surface area (Å²) in [5.74, 6) is 0.499. The minimum atomic E-state index is -0.0776. The summed E-state index contributed by atoms with van der Waals surface area (Å²) >= 11 is 6.00. The van der Waals surface area contributed by atoms with Crippen LogP contribution >= 0.6 is 11.6 Å². The largest absolute Gasteiger partial charge is 0.496 e. The van der Waals surface area contributed by atoms with Crippen LogP contribution in [0.15, 0.2) is 36.4 Å². The van der Waals surface area contributed by atoms with Crippen molar-refractivity contribution in [1.82, 2.24) is 0 Å². The van der Waals surface area contributed by atoms with Gasteiger partial charge in [-0.2, -0.15) is 0 Å². The Morgan fingerprint density at radius 3 is 2.42 bits per heavy atom. The third kappa shape index (κ3) is 2.96. The lowest BCUT2D eigenvalue weighted by Crippen LogP contribution is -2.05. The van der Waals surface area contributed by atoms with E-state index in [1.807, 2.05) is 38.1 Å². The number of hydrogen-bond acceptors (Lipinski definition) is 2. The van der Waals surface area contributed by atoms with Gasteiger partial charge < -0.3 is 4.74 Å². The fourth-order valence-electron chi connectivity index (χ4n) is 2.02. The van der Waals surface area contributed by atoms with Crippen molar-refractivity contribution in [2.75, 3.05) is 7.11 Å². The Morgan fingerprint density at radius 1 is 1.05 bits per heavy atom. The van der Waals surface area contributed by atoms with Crippen LogP contribution in [0.5, 0.6) is 5.75 Å². The molecular formula is C16H15ClO2. The lowest BCUT2D eigenvalue weighted by Gasteiger charge is -2.09. The summed E-state index contributed by atoms with van der Waals surface area (Å²) in [5.41, 5.74) is 3.11. The van der Waals surface area contributed by atoms with E-state index in [2.05, 4.69) is 0 Å². The average molecular weight is 275 g/mol. The summed E-state index contributed by atoms with van der Waals surface area (Å²) in [4.78, 5) is 12.5. The first-order chi connectivity index (χ1) is 9.01. The lowest BCUT2D eigenvalue weighted by molar-refractivity contribution is 0.103. The summed E-state index contributed by atoms with van der Waals surface area (Å²) in [6.07, 6.45) is 0. The summed E-state index contributed by atoms with van der Waals surface area (Å²) in [7, 11) is 1.56. The summed E-state index contributed by atoms with van der Waals surface area (Å²) in [6, 6.07) is 10.9. The molecule has 0 atom stereocenters. The summed E-state index contributed by atoms with van der Waals surface area (Å²) in [5, 5.41) is 0.565. The first kappa shape index (κ1) is 13.6.